The Morgan fingerprint density at radius 2 is 1.97 bits per heavy atom. The number of hydrogen-bond donors (Lipinski definition) is 2. The predicted molar refractivity (Wildman–Crippen MR) is 112 cm³/mol. The van der Waals surface area contributed by atoms with Gasteiger partial charge in [-0.05, 0) is 55.8 Å². The number of carbonyl (C=O) groups is 1. The van der Waals surface area contributed by atoms with Crippen molar-refractivity contribution in [2.45, 2.75) is 13.8 Å². The third-order valence-corrected chi connectivity index (χ3v) is 4.87. The van der Waals surface area contributed by atoms with Crippen molar-refractivity contribution in [1.82, 2.24) is 9.97 Å². The molecule has 4 rings (SSSR count). The van der Waals surface area contributed by atoms with Gasteiger partial charge < -0.3 is 14.8 Å². The highest BCUT2D eigenvalue weighted by molar-refractivity contribution is 6.35. The Balaban J connectivity index is 1.80. The van der Waals surface area contributed by atoms with Gasteiger partial charge in [-0.3, -0.25) is 9.78 Å². The lowest BCUT2D eigenvalue weighted by atomic mass is 10.1. The number of H-pyrrole nitrogens is 1. The number of fused-ring (bicyclic) bond motifs is 2. The van der Waals surface area contributed by atoms with E-state index in [4.69, 9.17) is 16.3 Å². The molecule has 0 atom stereocenters. The number of amides is 1. The van der Waals surface area contributed by atoms with Gasteiger partial charge in [0.2, 0.25) is 5.88 Å². The molecule has 7 nitrogen and oxygen atoms in total. The summed E-state index contributed by atoms with van der Waals surface area (Å²) in [4.78, 5) is 20.1. The van der Waals surface area contributed by atoms with Gasteiger partial charge in [-0.1, -0.05) is 11.6 Å². The number of hydrogen-bond acceptors (Lipinski definition) is 5. The zero-order valence-electron chi connectivity index (χ0n) is 15.9. The van der Waals surface area contributed by atoms with Crippen LogP contribution in [0.4, 0.5) is 5.69 Å². The Bertz CT molecular complexity index is 1310. The number of nitrogens with one attached hydrogen (secondary N) is 1. The van der Waals surface area contributed by atoms with Crippen LogP contribution in [0.5, 0.6) is 11.6 Å². The molecule has 8 heteroatoms. The lowest BCUT2D eigenvalue weighted by Crippen LogP contribution is -1.99. The van der Waals surface area contributed by atoms with Gasteiger partial charge in [-0.25, -0.2) is 0 Å². The molecule has 1 amide bonds. The molecule has 2 aromatic carbocycles. The summed E-state index contributed by atoms with van der Waals surface area (Å²) in [5.74, 6) is -0.156. The van der Waals surface area contributed by atoms with Crippen molar-refractivity contribution in [1.29, 1.82) is 0 Å². The number of ether oxygens (including phenoxy) is 1. The molecule has 146 valence electrons. The molecule has 0 saturated carbocycles. The number of aromatic hydroxyl groups is 1. The van der Waals surface area contributed by atoms with Crippen molar-refractivity contribution >= 4 is 45.0 Å². The Morgan fingerprint density at radius 3 is 2.72 bits per heavy atom. The summed E-state index contributed by atoms with van der Waals surface area (Å²) in [5.41, 5.74) is 3.27. The summed E-state index contributed by atoms with van der Waals surface area (Å²) in [7, 11) is 1.55. The van der Waals surface area contributed by atoms with Crippen LogP contribution in [0, 0.1) is 13.8 Å². The van der Waals surface area contributed by atoms with Gasteiger partial charge in [0.05, 0.1) is 28.7 Å². The molecule has 0 fully saturated rings. The van der Waals surface area contributed by atoms with Crippen LogP contribution in [0.15, 0.2) is 46.6 Å². The van der Waals surface area contributed by atoms with Crippen molar-refractivity contribution in [3.8, 4) is 11.6 Å². The van der Waals surface area contributed by atoms with E-state index in [0.29, 0.717) is 43.8 Å². The predicted octanol–water partition coefficient (Wildman–Crippen LogP) is 5.62. The highest BCUT2D eigenvalue weighted by Gasteiger charge is 2.16. The van der Waals surface area contributed by atoms with E-state index in [2.05, 4.69) is 20.2 Å². The molecule has 0 aliphatic carbocycles. The SMILES string of the molecule is COc1ccc2nc(C)cc(C(=O)N=Nc3c(O)[nH]c4c(Cl)cc(C)cc34)c2c1. The highest BCUT2D eigenvalue weighted by atomic mass is 35.5. The maximum Gasteiger partial charge on any atom is 0.296 e. The van der Waals surface area contributed by atoms with E-state index < -0.39 is 5.91 Å². The molecule has 2 N–H and O–H groups in total. The molecule has 4 aromatic rings. The normalized spacial score (nSPS) is 11.6. The Kier molecular flexibility index (Phi) is 4.68. The molecule has 0 saturated heterocycles. The quantitative estimate of drug-likeness (QED) is 0.429. The van der Waals surface area contributed by atoms with Crippen LogP contribution in [-0.2, 0) is 0 Å². The topological polar surface area (TPSA) is 99.9 Å². The van der Waals surface area contributed by atoms with Crippen LogP contribution >= 0.6 is 11.6 Å². The molecule has 0 bridgehead atoms. The molecule has 2 aromatic heterocycles. The summed E-state index contributed by atoms with van der Waals surface area (Å²) in [6.07, 6.45) is 0. The van der Waals surface area contributed by atoms with Crippen LogP contribution < -0.4 is 4.74 Å². The van der Waals surface area contributed by atoms with Crippen molar-refractivity contribution < 1.29 is 14.6 Å². The van der Waals surface area contributed by atoms with Crippen molar-refractivity contribution in [2.75, 3.05) is 7.11 Å². The Morgan fingerprint density at radius 1 is 1.17 bits per heavy atom. The number of rotatable bonds is 3. The molecule has 0 aliphatic rings. The Hall–Kier alpha value is -3.45. The van der Waals surface area contributed by atoms with Gasteiger partial charge in [0, 0.05) is 16.5 Å². The van der Waals surface area contributed by atoms with E-state index in [1.165, 1.54) is 0 Å². The minimum absolute atomic E-state index is 0.159. The first-order valence-electron chi connectivity index (χ1n) is 8.79. The average molecular weight is 409 g/mol. The van der Waals surface area contributed by atoms with Crippen LogP contribution in [0.1, 0.15) is 21.6 Å². The first-order chi connectivity index (χ1) is 13.9. The number of pyridine rings is 1. The second-order valence-corrected chi connectivity index (χ2v) is 7.10. The third kappa shape index (κ3) is 3.40. The number of aryl methyl sites for hydroxylation is 2. The number of aromatic nitrogens is 2. The molecule has 29 heavy (non-hydrogen) atoms. The zero-order valence-corrected chi connectivity index (χ0v) is 16.7. The second kappa shape index (κ2) is 7.18. The number of halogens is 1. The fourth-order valence-electron chi connectivity index (χ4n) is 3.25. The second-order valence-electron chi connectivity index (χ2n) is 6.69. The fraction of sp³-hybridized carbons (Fsp3) is 0.143. The van der Waals surface area contributed by atoms with Gasteiger partial charge in [-0.2, -0.15) is 0 Å². The Labute approximate surface area is 171 Å². The number of azo groups is 1. The number of benzene rings is 2. The van der Waals surface area contributed by atoms with E-state index in [1.807, 2.05) is 13.0 Å². The first kappa shape index (κ1) is 18.9. The minimum atomic E-state index is -0.554. The van der Waals surface area contributed by atoms with Crippen LogP contribution in [0.25, 0.3) is 21.8 Å². The molecule has 0 unspecified atom stereocenters. The van der Waals surface area contributed by atoms with E-state index in [9.17, 15) is 9.90 Å². The lowest BCUT2D eigenvalue weighted by molar-refractivity contribution is 0.0996. The maximum absolute atomic E-state index is 12.8. The number of aromatic amines is 1. The van der Waals surface area contributed by atoms with E-state index in [-0.39, 0.29) is 11.6 Å². The third-order valence-electron chi connectivity index (χ3n) is 4.57. The number of carbonyl (C=O) groups excluding carboxylic acids is 1. The highest BCUT2D eigenvalue weighted by Crippen LogP contribution is 2.39. The van der Waals surface area contributed by atoms with Gasteiger partial charge in [-0.15, -0.1) is 10.2 Å². The number of nitrogens with zero attached hydrogens (tertiary/aromatic N) is 3. The molecule has 2 heterocycles. The smallest absolute Gasteiger partial charge is 0.296 e. The van der Waals surface area contributed by atoms with E-state index in [0.717, 1.165) is 5.56 Å². The van der Waals surface area contributed by atoms with Crippen molar-refractivity contribution in [3.63, 3.8) is 0 Å². The maximum atomic E-state index is 12.8. The zero-order chi connectivity index (χ0) is 20.7. The van der Waals surface area contributed by atoms with Gasteiger partial charge in [0.25, 0.3) is 5.91 Å². The molecule has 0 spiro atoms. The summed E-state index contributed by atoms with van der Waals surface area (Å²) in [6.45, 7) is 3.68. The van der Waals surface area contributed by atoms with Crippen molar-refractivity contribution in [2.24, 2.45) is 10.2 Å². The first-order valence-corrected chi connectivity index (χ1v) is 9.17. The van der Waals surface area contributed by atoms with E-state index in [1.54, 1.807) is 44.4 Å². The summed E-state index contributed by atoms with van der Waals surface area (Å²) < 4.78 is 5.25. The largest absolute Gasteiger partial charge is 0.497 e. The average Bonchev–Trinajstić information content (AvgIpc) is 3.00. The monoisotopic (exact) mass is 408 g/mol. The van der Waals surface area contributed by atoms with E-state index >= 15 is 0 Å². The van der Waals surface area contributed by atoms with Crippen molar-refractivity contribution in [3.05, 3.63) is 58.2 Å². The van der Waals surface area contributed by atoms with Crippen LogP contribution in [-0.4, -0.2) is 28.1 Å². The summed E-state index contributed by atoms with van der Waals surface area (Å²) >= 11 is 6.22. The lowest BCUT2D eigenvalue weighted by Gasteiger charge is -2.06. The summed E-state index contributed by atoms with van der Waals surface area (Å²) in [5, 5.41) is 19.7. The molecule has 0 radical (unpaired) electrons. The number of methoxy groups -OCH3 is 1. The van der Waals surface area contributed by atoms with Gasteiger partial charge in [0.1, 0.15) is 5.75 Å². The summed E-state index contributed by atoms with van der Waals surface area (Å²) in [6, 6.07) is 10.5. The van der Waals surface area contributed by atoms with Gasteiger partial charge in [0.15, 0.2) is 5.69 Å². The minimum Gasteiger partial charge on any atom is -0.497 e. The van der Waals surface area contributed by atoms with Crippen LogP contribution in [0.2, 0.25) is 5.02 Å². The van der Waals surface area contributed by atoms with Gasteiger partial charge >= 0.3 is 0 Å². The molecular weight excluding hydrogens is 392 g/mol. The van der Waals surface area contributed by atoms with Crippen LogP contribution in [0.3, 0.4) is 0 Å². The standard InChI is InChI=1S/C21H17ClN4O3/c1-10-6-15-18(16(22)7-10)24-21(28)19(15)25-26-20(27)14-8-11(2)23-17-5-4-12(29-3)9-13(14)17/h4-9,24,28H,1-3H3. The molecular formula is C21H17ClN4O3. The fourth-order valence-corrected chi connectivity index (χ4v) is 3.57. The molecule has 0 aliphatic heterocycles.